The van der Waals surface area contributed by atoms with Crippen molar-refractivity contribution < 1.29 is 19.1 Å². The number of carbonyl (C=O) groups excluding carboxylic acids is 2. The van der Waals surface area contributed by atoms with E-state index in [9.17, 15) is 14.9 Å². The molecule has 0 saturated heterocycles. The van der Waals surface area contributed by atoms with E-state index in [1.54, 1.807) is 20.8 Å². The monoisotopic (exact) mass is 437 g/mol. The van der Waals surface area contributed by atoms with Gasteiger partial charge in [-0.05, 0) is 44.7 Å². The molecule has 170 valence electrons. The molecule has 2 rings (SSSR count). The predicted octanol–water partition coefficient (Wildman–Crippen LogP) is 3.39. The molecule has 0 unspecified atom stereocenters. The van der Waals surface area contributed by atoms with Crippen molar-refractivity contribution in [1.29, 1.82) is 5.26 Å². The maximum absolute atomic E-state index is 12.5. The Bertz CT molecular complexity index is 904. The zero-order valence-corrected chi connectivity index (χ0v) is 19.0. The Labute approximate surface area is 189 Å². The Morgan fingerprint density at radius 1 is 0.969 bits per heavy atom. The molecule has 2 aromatic rings. The molecule has 0 spiro atoms. The predicted molar refractivity (Wildman–Crippen MR) is 122 cm³/mol. The number of benzene rings is 2. The Balaban J connectivity index is 2.24. The largest absolute Gasteiger partial charge is 0.468 e. The second kappa shape index (κ2) is 11.9. The highest BCUT2D eigenvalue weighted by Gasteiger charge is 2.31. The molecule has 2 aromatic carbocycles. The van der Waals surface area contributed by atoms with Crippen molar-refractivity contribution in [3.63, 3.8) is 0 Å². The highest BCUT2D eigenvalue weighted by molar-refractivity contribution is 5.76. The second-order valence-electron chi connectivity index (χ2n) is 8.48. The SMILES string of the molecule is COC(=O)[C@@H](Cc1ccccc1)N[C@H](C#N)[C@H](Cc1ccccc1)NC(=O)OC(C)(C)C. The number of hydrogen-bond donors (Lipinski definition) is 2. The number of nitrogens with zero attached hydrogens (tertiary/aromatic N) is 1. The van der Waals surface area contributed by atoms with Gasteiger partial charge in [0.25, 0.3) is 0 Å². The van der Waals surface area contributed by atoms with Crippen molar-refractivity contribution >= 4 is 12.1 Å². The van der Waals surface area contributed by atoms with Gasteiger partial charge in [0.1, 0.15) is 17.7 Å². The summed E-state index contributed by atoms with van der Waals surface area (Å²) in [4.78, 5) is 24.9. The Morgan fingerprint density at radius 2 is 1.50 bits per heavy atom. The van der Waals surface area contributed by atoms with Crippen LogP contribution in [-0.4, -0.2) is 42.9 Å². The topological polar surface area (TPSA) is 100 Å². The zero-order chi connectivity index (χ0) is 23.6. The van der Waals surface area contributed by atoms with Gasteiger partial charge >= 0.3 is 12.1 Å². The van der Waals surface area contributed by atoms with Gasteiger partial charge in [0.15, 0.2) is 0 Å². The van der Waals surface area contributed by atoms with Gasteiger partial charge in [-0.1, -0.05) is 60.7 Å². The molecule has 1 amide bonds. The number of carbonyl (C=O) groups is 2. The van der Waals surface area contributed by atoms with Crippen LogP contribution >= 0.6 is 0 Å². The van der Waals surface area contributed by atoms with Crippen LogP contribution in [0.25, 0.3) is 0 Å². The zero-order valence-electron chi connectivity index (χ0n) is 19.0. The molecule has 0 saturated carbocycles. The Morgan fingerprint density at radius 3 is 1.97 bits per heavy atom. The lowest BCUT2D eigenvalue weighted by Crippen LogP contribution is -2.56. The fraction of sp³-hybridized carbons (Fsp3) is 0.400. The van der Waals surface area contributed by atoms with Crippen LogP contribution in [0.3, 0.4) is 0 Å². The Hall–Kier alpha value is -3.37. The summed E-state index contributed by atoms with van der Waals surface area (Å²) in [5, 5.41) is 15.8. The van der Waals surface area contributed by atoms with Gasteiger partial charge in [-0.2, -0.15) is 5.26 Å². The summed E-state index contributed by atoms with van der Waals surface area (Å²) in [5.74, 6) is -0.482. The number of ether oxygens (including phenoxy) is 2. The molecule has 0 aliphatic heterocycles. The summed E-state index contributed by atoms with van der Waals surface area (Å²) < 4.78 is 10.3. The van der Waals surface area contributed by atoms with Crippen LogP contribution in [-0.2, 0) is 27.1 Å². The van der Waals surface area contributed by atoms with Crippen molar-refractivity contribution in [2.45, 2.75) is 57.3 Å². The molecule has 7 nitrogen and oxygen atoms in total. The Kier molecular flexibility index (Phi) is 9.23. The molecule has 7 heteroatoms. The molecular formula is C25H31N3O4. The van der Waals surface area contributed by atoms with Gasteiger partial charge in [0.2, 0.25) is 0 Å². The number of alkyl carbamates (subject to hydrolysis) is 1. The molecule has 0 fully saturated rings. The maximum Gasteiger partial charge on any atom is 0.407 e. The number of nitrogens with one attached hydrogen (secondary N) is 2. The standard InChI is InChI=1S/C25H31N3O4/c1-25(2,3)32-24(30)28-20(15-18-11-7-5-8-12-18)22(17-26)27-21(23(29)31-4)16-19-13-9-6-10-14-19/h5-14,20-22,27H,15-16H2,1-4H3,(H,28,30)/t20-,21+,22+/m0/s1. The van der Waals surface area contributed by atoms with E-state index in [1.807, 2.05) is 60.7 Å². The van der Waals surface area contributed by atoms with E-state index in [2.05, 4.69) is 16.7 Å². The number of hydrogen-bond acceptors (Lipinski definition) is 6. The first-order chi connectivity index (χ1) is 15.2. The minimum Gasteiger partial charge on any atom is -0.468 e. The fourth-order valence-corrected chi connectivity index (χ4v) is 3.24. The van der Waals surface area contributed by atoms with E-state index in [1.165, 1.54) is 7.11 Å². The minimum absolute atomic E-state index is 0.343. The number of rotatable bonds is 9. The smallest absolute Gasteiger partial charge is 0.407 e. The lowest BCUT2D eigenvalue weighted by atomic mass is 9.98. The van der Waals surface area contributed by atoms with Crippen LogP contribution in [0.4, 0.5) is 4.79 Å². The van der Waals surface area contributed by atoms with Crippen molar-refractivity contribution in [3.05, 3.63) is 71.8 Å². The summed E-state index contributed by atoms with van der Waals surface area (Å²) >= 11 is 0. The summed E-state index contributed by atoms with van der Waals surface area (Å²) in [7, 11) is 1.31. The number of methoxy groups -OCH3 is 1. The van der Waals surface area contributed by atoms with Crippen LogP contribution in [0, 0.1) is 11.3 Å². The third-order valence-electron chi connectivity index (χ3n) is 4.69. The number of nitriles is 1. The molecule has 32 heavy (non-hydrogen) atoms. The van der Waals surface area contributed by atoms with Gasteiger partial charge in [-0.15, -0.1) is 0 Å². The average Bonchev–Trinajstić information content (AvgIpc) is 2.75. The van der Waals surface area contributed by atoms with E-state index in [4.69, 9.17) is 9.47 Å². The van der Waals surface area contributed by atoms with E-state index in [0.717, 1.165) is 11.1 Å². The molecule has 0 aliphatic carbocycles. The van der Waals surface area contributed by atoms with Gasteiger partial charge < -0.3 is 14.8 Å². The third kappa shape index (κ3) is 8.40. The van der Waals surface area contributed by atoms with Crippen molar-refractivity contribution in [3.8, 4) is 6.07 Å². The second-order valence-corrected chi connectivity index (χ2v) is 8.48. The number of amides is 1. The first kappa shape index (κ1) is 24.9. The van der Waals surface area contributed by atoms with Crippen LogP contribution < -0.4 is 10.6 Å². The minimum atomic E-state index is -0.865. The molecule has 0 aliphatic rings. The summed E-state index contributed by atoms with van der Waals surface area (Å²) in [6, 6.07) is 18.9. The average molecular weight is 438 g/mol. The maximum atomic E-state index is 12.5. The lowest BCUT2D eigenvalue weighted by Gasteiger charge is -2.29. The van der Waals surface area contributed by atoms with Gasteiger partial charge in [0.05, 0.1) is 19.2 Å². The molecule has 3 atom stereocenters. The van der Waals surface area contributed by atoms with Crippen molar-refractivity contribution in [2.75, 3.05) is 7.11 Å². The number of esters is 1. The van der Waals surface area contributed by atoms with Gasteiger partial charge in [0, 0.05) is 0 Å². The fourth-order valence-electron chi connectivity index (χ4n) is 3.24. The molecule has 0 bridgehead atoms. The van der Waals surface area contributed by atoms with Crippen LogP contribution in [0.2, 0.25) is 0 Å². The first-order valence-electron chi connectivity index (χ1n) is 10.5. The molecule has 0 radical (unpaired) electrons. The molecular weight excluding hydrogens is 406 g/mol. The molecule has 0 aromatic heterocycles. The third-order valence-corrected chi connectivity index (χ3v) is 4.69. The van der Waals surface area contributed by atoms with Gasteiger partial charge in [-0.25, -0.2) is 4.79 Å². The first-order valence-corrected chi connectivity index (χ1v) is 10.5. The summed E-state index contributed by atoms with van der Waals surface area (Å²) in [6.45, 7) is 5.31. The van der Waals surface area contributed by atoms with Crippen molar-refractivity contribution in [1.82, 2.24) is 10.6 Å². The summed E-state index contributed by atoms with van der Waals surface area (Å²) in [6.07, 6.45) is 0.0962. The van der Waals surface area contributed by atoms with E-state index < -0.39 is 35.8 Å². The van der Waals surface area contributed by atoms with Crippen LogP contribution in [0.5, 0.6) is 0 Å². The quantitative estimate of drug-likeness (QED) is 0.583. The lowest BCUT2D eigenvalue weighted by molar-refractivity contribution is -0.143. The van der Waals surface area contributed by atoms with E-state index >= 15 is 0 Å². The highest BCUT2D eigenvalue weighted by atomic mass is 16.6. The van der Waals surface area contributed by atoms with Crippen LogP contribution in [0.15, 0.2) is 60.7 Å². The highest BCUT2D eigenvalue weighted by Crippen LogP contribution is 2.12. The van der Waals surface area contributed by atoms with Crippen molar-refractivity contribution in [2.24, 2.45) is 0 Å². The normalized spacial score (nSPS) is 13.8. The van der Waals surface area contributed by atoms with E-state index in [0.29, 0.717) is 12.8 Å². The van der Waals surface area contributed by atoms with Crippen LogP contribution in [0.1, 0.15) is 31.9 Å². The summed E-state index contributed by atoms with van der Waals surface area (Å²) in [5.41, 5.74) is 1.18. The molecule has 2 N–H and O–H groups in total. The molecule has 0 heterocycles. The van der Waals surface area contributed by atoms with E-state index in [-0.39, 0.29) is 0 Å². The van der Waals surface area contributed by atoms with Gasteiger partial charge in [-0.3, -0.25) is 10.1 Å².